The molecule has 3 atom stereocenters. The quantitative estimate of drug-likeness (QED) is 0.768. The minimum absolute atomic E-state index is 0.0610. The number of hydrogen-bond donors (Lipinski definition) is 3. The number of hydrogen-bond acceptors (Lipinski definition) is 3. The number of carbonyl (C=O) groups is 2. The van der Waals surface area contributed by atoms with Crippen LogP contribution in [0.25, 0.3) is 0 Å². The van der Waals surface area contributed by atoms with E-state index in [1.165, 1.54) is 6.42 Å². The number of benzene rings is 1. The fourth-order valence-corrected chi connectivity index (χ4v) is 3.47. The molecule has 1 aromatic rings. The van der Waals surface area contributed by atoms with Gasteiger partial charge in [0, 0.05) is 22.2 Å². The first-order valence-corrected chi connectivity index (χ1v) is 8.53. The highest BCUT2D eigenvalue weighted by atomic mass is 79.9. The van der Waals surface area contributed by atoms with Crippen molar-refractivity contribution in [3.63, 3.8) is 0 Å². The molecule has 1 saturated carbocycles. The van der Waals surface area contributed by atoms with E-state index >= 15 is 0 Å². The SMILES string of the molecule is O=C(C[C@@H]1N[C@@H]2CCCC[C@@H]2NC1=O)Nc1ccc(Br)cc1. The molecule has 0 spiro atoms. The third-order valence-corrected chi connectivity index (χ3v) is 4.87. The average Bonchev–Trinajstić information content (AvgIpc) is 2.50. The number of piperazine rings is 1. The molecule has 3 N–H and O–H groups in total. The number of carbonyl (C=O) groups excluding carboxylic acids is 2. The topological polar surface area (TPSA) is 70.2 Å². The van der Waals surface area contributed by atoms with E-state index in [-0.39, 0.29) is 24.3 Å². The van der Waals surface area contributed by atoms with Crippen LogP contribution in [-0.4, -0.2) is 29.9 Å². The average molecular weight is 366 g/mol. The molecular weight excluding hydrogens is 346 g/mol. The minimum Gasteiger partial charge on any atom is -0.350 e. The van der Waals surface area contributed by atoms with Crippen LogP contribution in [0.15, 0.2) is 28.7 Å². The van der Waals surface area contributed by atoms with Gasteiger partial charge < -0.3 is 16.0 Å². The van der Waals surface area contributed by atoms with Gasteiger partial charge in [0.25, 0.3) is 0 Å². The molecule has 22 heavy (non-hydrogen) atoms. The molecular formula is C16H20BrN3O2. The van der Waals surface area contributed by atoms with Crippen molar-refractivity contribution in [3.8, 4) is 0 Å². The lowest BCUT2D eigenvalue weighted by Gasteiger charge is -2.40. The summed E-state index contributed by atoms with van der Waals surface area (Å²) in [6, 6.07) is 7.49. The van der Waals surface area contributed by atoms with Gasteiger partial charge in [0.05, 0.1) is 12.5 Å². The van der Waals surface area contributed by atoms with Gasteiger partial charge in [0.1, 0.15) is 0 Å². The Morgan fingerprint density at radius 3 is 2.59 bits per heavy atom. The summed E-state index contributed by atoms with van der Waals surface area (Å²) >= 11 is 3.36. The molecule has 5 nitrogen and oxygen atoms in total. The van der Waals surface area contributed by atoms with E-state index in [0.29, 0.717) is 6.04 Å². The Morgan fingerprint density at radius 1 is 1.18 bits per heavy atom. The first-order valence-electron chi connectivity index (χ1n) is 7.73. The highest BCUT2D eigenvalue weighted by molar-refractivity contribution is 9.10. The molecule has 0 bridgehead atoms. The minimum atomic E-state index is -0.435. The van der Waals surface area contributed by atoms with Crippen LogP contribution in [0.5, 0.6) is 0 Å². The lowest BCUT2D eigenvalue weighted by Crippen LogP contribution is -2.65. The van der Waals surface area contributed by atoms with Gasteiger partial charge in [-0.05, 0) is 37.1 Å². The maximum Gasteiger partial charge on any atom is 0.237 e. The molecule has 1 aliphatic carbocycles. The van der Waals surface area contributed by atoms with E-state index in [0.717, 1.165) is 29.4 Å². The Morgan fingerprint density at radius 2 is 1.86 bits per heavy atom. The number of nitrogens with one attached hydrogen (secondary N) is 3. The van der Waals surface area contributed by atoms with Crippen molar-refractivity contribution in [2.24, 2.45) is 0 Å². The van der Waals surface area contributed by atoms with Crippen LogP contribution >= 0.6 is 15.9 Å². The molecule has 6 heteroatoms. The molecule has 2 amide bonds. The van der Waals surface area contributed by atoms with E-state index in [1.54, 1.807) is 0 Å². The molecule has 0 unspecified atom stereocenters. The monoisotopic (exact) mass is 365 g/mol. The second-order valence-electron chi connectivity index (χ2n) is 5.98. The molecule has 2 aliphatic rings. The third kappa shape index (κ3) is 3.67. The van der Waals surface area contributed by atoms with Gasteiger partial charge in [-0.1, -0.05) is 28.8 Å². The predicted molar refractivity (Wildman–Crippen MR) is 88.5 cm³/mol. The molecule has 1 saturated heterocycles. The Hall–Kier alpha value is -1.40. The maximum absolute atomic E-state index is 12.1. The zero-order chi connectivity index (χ0) is 15.5. The van der Waals surface area contributed by atoms with Crippen LogP contribution in [0, 0.1) is 0 Å². The molecule has 0 aromatic heterocycles. The summed E-state index contributed by atoms with van der Waals surface area (Å²) < 4.78 is 0.960. The van der Waals surface area contributed by atoms with Gasteiger partial charge >= 0.3 is 0 Å². The summed E-state index contributed by atoms with van der Waals surface area (Å²) in [6.07, 6.45) is 4.60. The molecule has 2 fully saturated rings. The number of halogens is 1. The summed E-state index contributed by atoms with van der Waals surface area (Å²) in [5, 5.41) is 9.24. The summed E-state index contributed by atoms with van der Waals surface area (Å²) in [4.78, 5) is 24.3. The van der Waals surface area contributed by atoms with Crippen molar-refractivity contribution in [2.45, 2.75) is 50.2 Å². The third-order valence-electron chi connectivity index (χ3n) is 4.34. The largest absolute Gasteiger partial charge is 0.350 e. The van der Waals surface area contributed by atoms with Crippen molar-refractivity contribution < 1.29 is 9.59 Å². The molecule has 1 aliphatic heterocycles. The van der Waals surface area contributed by atoms with Crippen LogP contribution in [-0.2, 0) is 9.59 Å². The molecule has 1 heterocycles. The summed E-state index contributed by atoms with van der Waals surface area (Å²) in [5.74, 6) is -0.210. The standard InChI is InChI=1S/C16H20BrN3O2/c17-10-5-7-11(8-6-10)18-15(21)9-14-16(22)20-13-4-2-1-3-12(13)19-14/h5-8,12-14,19H,1-4,9H2,(H,18,21)(H,20,22)/t12-,13+,14+/m1/s1. The molecule has 0 radical (unpaired) electrons. The van der Waals surface area contributed by atoms with Crippen LogP contribution in [0.4, 0.5) is 5.69 Å². The van der Waals surface area contributed by atoms with E-state index in [2.05, 4.69) is 31.9 Å². The fraction of sp³-hybridized carbons (Fsp3) is 0.500. The first kappa shape index (κ1) is 15.5. The molecule has 118 valence electrons. The fourth-order valence-electron chi connectivity index (χ4n) is 3.20. The normalized spacial score (nSPS) is 27.7. The smallest absolute Gasteiger partial charge is 0.237 e. The molecule has 3 rings (SSSR count). The number of anilines is 1. The number of rotatable bonds is 3. The van der Waals surface area contributed by atoms with Crippen LogP contribution in [0.3, 0.4) is 0 Å². The summed E-state index contributed by atoms with van der Waals surface area (Å²) in [5.41, 5.74) is 0.736. The van der Waals surface area contributed by atoms with E-state index in [9.17, 15) is 9.59 Å². The Balaban J connectivity index is 1.56. The predicted octanol–water partition coefficient (Wildman–Crippen LogP) is 2.18. The van der Waals surface area contributed by atoms with E-state index in [4.69, 9.17) is 0 Å². The lowest BCUT2D eigenvalue weighted by atomic mass is 9.87. The second-order valence-corrected chi connectivity index (χ2v) is 6.90. The maximum atomic E-state index is 12.1. The Kier molecular flexibility index (Phi) is 4.78. The van der Waals surface area contributed by atoms with Gasteiger partial charge in [-0.3, -0.25) is 9.59 Å². The highest BCUT2D eigenvalue weighted by Gasteiger charge is 2.36. The van der Waals surface area contributed by atoms with Crippen molar-refractivity contribution in [2.75, 3.05) is 5.32 Å². The number of fused-ring (bicyclic) bond motifs is 1. The number of amides is 2. The first-order chi connectivity index (χ1) is 10.6. The van der Waals surface area contributed by atoms with Crippen molar-refractivity contribution in [1.82, 2.24) is 10.6 Å². The highest BCUT2D eigenvalue weighted by Crippen LogP contribution is 2.22. The van der Waals surface area contributed by atoms with Crippen molar-refractivity contribution in [1.29, 1.82) is 0 Å². The van der Waals surface area contributed by atoms with Gasteiger partial charge in [0.2, 0.25) is 11.8 Å². The van der Waals surface area contributed by atoms with Gasteiger partial charge in [-0.15, -0.1) is 0 Å². The second kappa shape index (κ2) is 6.79. The van der Waals surface area contributed by atoms with Crippen molar-refractivity contribution in [3.05, 3.63) is 28.7 Å². The van der Waals surface area contributed by atoms with E-state index in [1.807, 2.05) is 24.3 Å². The van der Waals surface area contributed by atoms with Gasteiger partial charge in [0.15, 0.2) is 0 Å². The van der Waals surface area contributed by atoms with Crippen LogP contribution in [0.1, 0.15) is 32.1 Å². The van der Waals surface area contributed by atoms with Gasteiger partial charge in [-0.2, -0.15) is 0 Å². The lowest BCUT2D eigenvalue weighted by molar-refractivity contribution is -0.129. The van der Waals surface area contributed by atoms with Crippen molar-refractivity contribution >= 4 is 33.4 Å². The Labute approximate surface area is 138 Å². The van der Waals surface area contributed by atoms with Crippen LogP contribution in [0.2, 0.25) is 0 Å². The zero-order valence-corrected chi connectivity index (χ0v) is 13.9. The van der Waals surface area contributed by atoms with E-state index < -0.39 is 6.04 Å². The summed E-state index contributed by atoms with van der Waals surface area (Å²) in [6.45, 7) is 0. The Bertz CT molecular complexity index is 561. The van der Waals surface area contributed by atoms with Gasteiger partial charge in [-0.25, -0.2) is 0 Å². The zero-order valence-electron chi connectivity index (χ0n) is 12.3. The summed E-state index contributed by atoms with van der Waals surface area (Å²) in [7, 11) is 0. The van der Waals surface area contributed by atoms with Crippen LogP contribution < -0.4 is 16.0 Å². The molecule has 1 aromatic carbocycles.